The van der Waals surface area contributed by atoms with Gasteiger partial charge < -0.3 is 0 Å². The maximum atomic E-state index is 11.3. The van der Waals surface area contributed by atoms with Gasteiger partial charge in [-0.25, -0.2) is 0 Å². The number of allylic oxidation sites excluding steroid dienone is 5. The summed E-state index contributed by atoms with van der Waals surface area (Å²) in [6.07, 6.45) is 9.09. The predicted octanol–water partition coefficient (Wildman–Crippen LogP) is 2.65. The molecule has 0 amide bonds. The molecule has 1 heteroatoms. The summed E-state index contributed by atoms with van der Waals surface area (Å²) in [6, 6.07) is 0. The van der Waals surface area contributed by atoms with Gasteiger partial charge in [0.2, 0.25) is 0 Å². The van der Waals surface area contributed by atoms with Crippen molar-refractivity contribution in [3.8, 4) is 0 Å². The zero-order valence-electron chi connectivity index (χ0n) is 7.42. The van der Waals surface area contributed by atoms with Crippen molar-refractivity contribution >= 4 is 5.78 Å². The summed E-state index contributed by atoms with van der Waals surface area (Å²) in [6.45, 7) is 5.60. The van der Waals surface area contributed by atoms with Crippen molar-refractivity contribution in [2.45, 2.75) is 19.8 Å². The van der Waals surface area contributed by atoms with Gasteiger partial charge in [-0.3, -0.25) is 4.79 Å². The molecule has 0 aliphatic heterocycles. The Morgan fingerprint density at radius 2 is 2.50 bits per heavy atom. The number of Topliss-reactive ketones (excluding diaryl/α,β-unsaturated/α-hetero) is 1. The van der Waals surface area contributed by atoms with Gasteiger partial charge in [0.25, 0.3) is 0 Å². The zero-order valence-corrected chi connectivity index (χ0v) is 7.42. The number of hydrogen-bond acceptors (Lipinski definition) is 1. The van der Waals surface area contributed by atoms with Crippen LogP contribution >= 0.6 is 0 Å². The van der Waals surface area contributed by atoms with Crippen LogP contribution in [0, 0.1) is 5.92 Å². The Morgan fingerprint density at radius 1 is 1.75 bits per heavy atom. The summed E-state index contributed by atoms with van der Waals surface area (Å²) in [5.74, 6) is 0.488. The van der Waals surface area contributed by atoms with E-state index in [2.05, 4.69) is 6.58 Å². The molecule has 0 aromatic carbocycles. The topological polar surface area (TPSA) is 17.1 Å². The van der Waals surface area contributed by atoms with Crippen molar-refractivity contribution in [1.29, 1.82) is 0 Å². The molecule has 0 saturated carbocycles. The van der Waals surface area contributed by atoms with E-state index in [1.807, 2.05) is 25.2 Å². The van der Waals surface area contributed by atoms with Crippen LogP contribution in [-0.2, 0) is 4.79 Å². The molecule has 12 heavy (non-hydrogen) atoms. The number of carbonyl (C=O) groups is 1. The van der Waals surface area contributed by atoms with E-state index in [1.165, 1.54) is 5.57 Å². The van der Waals surface area contributed by atoms with Gasteiger partial charge in [0, 0.05) is 12.3 Å². The van der Waals surface area contributed by atoms with Crippen molar-refractivity contribution in [3.63, 3.8) is 0 Å². The third kappa shape index (κ3) is 1.94. The fourth-order valence-electron chi connectivity index (χ4n) is 1.43. The minimum Gasteiger partial charge on any atom is -0.299 e. The lowest BCUT2D eigenvalue weighted by atomic mass is 9.98. The summed E-state index contributed by atoms with van der Waals surface area (Å²) in [4.78, 5) is 11.3. The molecule has 64 valence electrons. The Labute approximate surface area is 73.5 Å². The molecule has 0 spiro atoms. The van der Waals surface area contributed by atoms with Gasteiger partial charge >= 0.3 is 0 Å². The van der Waals surface area contributed by atoms with E-state index in [1.54, 1.807) is 6.08 Å². The minimum atomic E-state index is 0.140. The largest absolute Gasteiger partial charge is 0.299 e. The first-order valence-electron chi connectivity index (χ1n) is 4.22. The molecule has 0 saturated heterocycles. The Hall–Kier alpha value is -1.11. The fourth-order valence-corrected chi connectivity index (χ4v) is 1.43. The summed E-state index contributed by atoms with van der Waals surface area (Å²) >= 11 is 0. The normalized spacial score (nSPS) is 23.2. The van der Waals surface area contributed by atoms with Gasteiger partial charge in [-0.1, -0.05) is 36.5 Å². The van der Waals surface area contributed by atoms with Gasteiger partial charge in [0.1, 0.15) is 5.78 Å². The summed E-state index contributed by atoms with van der Waals surface area (Å²) < 4.78 is 0. The smallest absolute Gasteiger partial charge is 0.144 e. The third-order valence-corrected chi connectivity index (χ3v) is 2.21. The van der Waals surface area contributed by atoms with E-state index in [9.17, 15) is 4.79 Å². The van der Waals surface area contributed by atoms with Crippen LogP contribution in [-0.4, -0.2) is 5.78 Å². The number of hydrogen-bond donors (Lipinski definition) is 0. The average Bonchev–Trinajstić information content (AvgIpc) is 2.35. The lowest BCUT2D eigenvalue weighted by molar-refractivity contribution is -0.120. The van der Waals surface area contributed by atoms with Crippen molar-refractivity contribution in [1.82, 2.24) is 0 Å². The van der Waals surface area contributed by atoms with Crippen LogP contribution in [0.25, 0.3) is 0 Å². The lowest BCUT2D eigenvalue weighted by Crippen LogP contribution is -2.07. The Balaban J connectivity index is 2.51. The molecule has 1 aliphatic rings. The van der Waals surface area contributed by atoms with E-state index in [0.717, 1.165) is 6.42 Å². The predicted molar refractivity (Wildman–Crippen MR) is 50.8 cm³/mol. The molecular weight excluding hydrogens is 148 g/mol. The lowest BCUT2D eigenvalue weighted by Gasteiger charge is -2.05. The van der Waals surface area contributed by atoms with Crippen LogP contribution in [0.4, 0.5) is 0 Å². The molecule has 1 rings (SSSR count). The van der Waals surface area contributed by atoms with Gasteiger partial charge in [-0.2, -0.15) is 0 Å². The van der Waals surface area contributed by atoms with Gasteiger partial charge in [-0.05, 0) is 13.3 Å². The van der Waals surface area contributed by atoms with Crippen LogP contribution in [0.15, 0.2) is 36.5 Å². The molecular formula is C11H14O. The van der Waals surface area contributed by atoms with Crippen LogP contribution < -0.4 is 0 Å². The standard InChI is InChI=1S/C11H14O/c1-3-4-5-6-10-9(2)7-8-11(10)12/h3-5,7,10H,1,6,8H2,2H3. The molecule has 0 radical (unpaired) electrons. The van der Waals surface area contributed by atoms with Crippen LogP contribution in [0.3, 0.4) is 0 Å². The quantitative estimate of drug-likeness (QED) is 0.460. The van der Waals surface area contributed by atoms with Crippen LogP contribution in [0.1, 0.15) is 19.8 Å². The molecule has 1 unspecified atom stereocenters. The second-order valence-corrected chi connectivity index (χ2v) is 3.07. The van der Waals surface area contributed by atoms with Crippen molar-refractivity contribution in [3.05, 3.63) is 36.5 Å². The molecule has 0 heterocycles. The highest BCUT2D eigenvalue weighted by Gasteiger charge is 2.22. The van der Waals surface area contributed by atoms with Gasteiger partial charge in [0.15, 0.2) is 0 Å². The average molecular weight is 162 g/mol. The molecule has 0 aromatic heterocycles. The number of ketones is 1. The number of carbonyl (C=O) groups excluding carboxylic acids is 1. The Morgan fingerprint density at radius 3 is 3.00 bits per heavy atom. The van der Waals surface area contributed by atoms with E-state index < -0.39 is 0 Å². The van der Waals surface area contributed by atoms with E-state index in [4.69, 9.17) is 0 Å². The maximum absolute atomic E-state index is 11.3. The summed E-state index contributed by atoms with van der Waals surface area (Å²) in [7, 11) is 0. The molecule has 0 N–H and O–H groups in total. The molecule has 0 bridgehead atoms. The van der Waals surface area contributed by atoms with Gasteiger partial charge in [0.05, 0.1) is 0 Å². The summed E-state index contributed by atoms with van der Waals surface area (Å²) in [5.41, 5.74) is 1.22. The maximum Gasteiger partial charge on any atom is 0.144 e. The fraction of sp³-hybridized carbons (Fsp3) is 0.364. The molecule has 1 atom stereocenters. The van der Waals surface area contributed by atoms with Crippen LogP contribution in [0.5, 0.6) is 0 Å². The first kappa shape index (κ1) is 8.98. The van der Waals surface area contributed by atoms with Crippen molar-refractivity contribution in [2.75, 3.05) is 0 Å². The van der Waals surface area contributed by atoms with E-state index >= 15 is 0 Å². The molecule has 1 aliphatic carbocycles. The third-order valence-electron chi connectivity index (χ3n) is 2.21. The SMILES string of the molecule is C=CC=CCC1C(=O)CC=C1C. The first-order valence-corrected chi connectivity index (χ1v) is 4.22. The molecule has 0 fully saturated rings. The first-order chi connectivity index (χ1) is 5.75. The Kier molecular flexibility index (Phi) is 3.03. The van der Waals surface area contributed by atoms with Crippen LogP contribution in [0.2, 0.25) is 0 Å². The number of rotatable bonds is 3. The Bertz CT molecular complexity index is 246. The zero-order chi connectivity index (χ0) is 8.97. The van der Waals surface area contributed by atoms with Crippen molar-refractivity contribution in [2.24, 2.45) is 5.92 Å². The molecule has 1 nitrogen and oxygen atoms in total. The van der Waals surface area contributed by atoms with E-state index in [-0.39, 0.29) is 5.92 Å². The minimum absolute atomic E-state index is 0.140. The second kappa shape index (κ2) is 4.05. The highest BCUT2D eigenvalue weighted by molar-refractivity contribution is 5.88. The monoisotopic (exact) mass is 162 g/mol. The van der Waals surface area contributed by atoms with Gasteiger partial charge in [-0.15, -0.1) is 0 Å². The second-order valence-electron chi connectivity index (χ2n) is 3.07. The summed E-state index contributed by atoms with van der Waals surface area (Å²) in [5, 5.41) is 0. The highest BCUT2D eigenvalue weighted by atomic mass is 16.1. The highest BCUT2D eigenvalue weighted by Crippen LogP contribution is 2.25. The van der Waals surface area contributed by atoms with E-state index in [0.29, 0.717) is 12.2 Å². The van der Waals surface area contributed by atoms with Crippen molar-refractivity contribution < 1.29 is 4.79 Å². The molecule has 0 aromatic rings.